The second kappa shape index (κ2) is 11.9. The van der Waals surface area contributed by atoms with Crippen LogP contribution < -0.4 is 16.4 Å². The second-order valence-corrected chi connectivity index (χ2v) is 9.28. The van der Waals surface area contributed by atoms with Crippen molar-refractivity contribution in [3.8, 4) is 0 Å². The molecule has 1 fully saturated rings. The highest BCUT2D eigenvalue weighted by Gasteiger charge is 2.38. The maximum atomic E-state index is 13.6. The van der Waals surface area contributed by atoms with Gasteiger partial charge in [0.05, 0.1) is 12.9 Å². The van der Waals surface area contributed by atoms with E-state index in [4.69, 9.17) is 5.73 Å². The van der Waals surface area contributed by atoms with Crippen molar-refractivity contribution in [2.24, 2.45) is 5.73 Å². The molecule has 1 aliphatic heterocycles. The molecule has 3 heterocycles. The number of para-hydroxylation sites is 1. The number of fused-ring (bicyclic) bond motifs is 1. The zero-order chi connectivity index (χ0) is 27.2. The standard InChI is InChI=1S/C25H31N7O6/c26-17(12-33)22(34)30-19(8-14-10-28-18-5-2-1-4-16(14)18)23(35)31-20(9-15-11-27-13-29-15)24(36)32-7-3-6-21(32)25(37)38/h1-2,4-5,10-11,13,17,19-21,28,33H,3,6-9,12,26H2,(H,27,29)(H,30,34)(H,31,35)(H,37,38). The summed E-state index contributed by atoms with van der Waals surface area (Å²) in [7, 11) is 0. The highest BCUT2D eigenvalue weighted by Crippen LogP contribution is 2.21. The number of hydrogen-bond donors (Lipinski definition) is 7. The first kappa shape index (κ1) is 26.8. The Morgan fingerprint density at radius 1 is 1.11 bits per heavy atom. The lowest BCUT2D eigenvalue weighted by Crippen LogP contribution is -2.58. The number of aromatic nitrogens is 3. The number of nitrogens with zero attached hydrogens (tertiary/aromatic N) is 2. The van der Waals surface area contributed by atoms with Gasteiger partial charge in [0.25, 0.3) is 0 Å². The number of aliphatic hydroxyl groups is 1. The first-order valence-electron chi connectivity index (χ1n) is 12.3. The van der Waals surface area contributed by atoms with Gasteiger partial charge in [-0.3, -0.25) is 14.4 Å². The second-order valence-electron chi connectivity index (χ2n) is 9.28. The maximum Gasteiger partial charge on any atom is 0.326 e. The summed E-state index contributed by atoms with van der Waals surface area (Å²) >= 11 is 0. The number of H-pyrrole nitrogens is 2. The quantitative estimate of drug-likeness (QED) is 0.166. The number of likely N-dealkylation sites (tertiary alicyclic amines) is 1. The lowest BCUT2D eigenvalue weighted by Gasteiger charge is -2.28. The van der Waals surface area contributed by atoms with Crippen LogP contribution in [0.2, 0.25) is 0 Å². The molecule has 1 aromatic carbocycles. The van der Waals surface area contributed by atoms with E-state index in [0.717, 1.165) is 16.5 Å². The number of benzene rings is 1. The molecule has 0 aliphatic carbocycles. The molecule has 13 nitrogen and oxygen atoms in total. The number of carbonyl (C=O) groups excluding carboxylic acids is 3. The van der Waals surface area contributed by atoms with Crippen LogP contribution in [0.4, 0.5) is 0 Å². The van der Waals surface area contributed by atoms with Crippen molar-refractivity contribution in [2.45, 2.75) is 49.9 Å². The highest BCUT2D eigenvalue weighted by molar-refractivity contribution is 5.95. The monoisotopic (exact) mass is 525 g/mol. The number of rotatable bonds is 11. The average Bonchev–Trinajstić information content (AvgIpc) is 3.68. The van der Waals surface area contributed by atoms with Gasteiger partial charge in [-0.1, -0.05) is 18.2 Å². The first-order valence-corrected chi connectivity index (χ1v) is 12.3. The molecule has 4 unspecified atom stereocenters. The Hall–Kier alpha value is -4.23. The third-order valence-corrected chi connectivity index (χ3v) is 6.68. The van der Waals surface area contributed by atoms with Crippen molar-refractivity contribution in [2.75, 3.05) is 13.2 Å². The number of hydrogen-bond acceptors (Lipinski definition) is 7. The minimum atomic E-state index is -1.24. The molecule has 13 heteroatoms. The average molecular weight is 526 g/mol. The van der Waals surface area contributed by atoms with Crippen molar-refractivity contribution >= 4 is 34.6 Å². The van der Waals surface area contributed by atoms with Gasteiger partial charge in [0, 0.05) is 48.4 Å². The molecular weight excluding hydrogens is 494 g/mol. The number of carboxylic acids is 1. The molecule has 4 atom stereocenters. The molecular formula is C25H31N7O6. The Morgan fingerprint density at radius 2 is 1.87 bits per heavy atom. The Bertz CT molecular complexity index is 1290. The highest BCUT2D eigenvalue weighted by atomic mass is 16.4. The van der Waals surface area contributed by atoms with Gasteiger partial charge in [-0.15, -0.1) is 0 Å². The Labute approximate surface area is 217 Å². The number of nitrogens with two attached hydrogens (primary N) is 1. The summed E-state index contributed by atoms with van der Waals surface area (Å²) < 4.78 is 0. The molecule has 0 bridgehead atoms. The summed E-state index contributed by atoms with van der Waals surface area (Å²) in [6, 6.07) is 3.00. The normalized spacial score (nSPS) is 17.6. The van der Waals surface area contributed by atoms with Crippen molar-refractivity contribution in [1.82, 2.24) is 30.5 Å². The zero-order valence-corrected chi connectivity index (χ0v) is 20.6. The number of aliphatic hydroxyl groups excluding tert-OH is 1. The number of aromatic amines is 2. The molecule has 1 aliphatic rings. The number of aliphatic carboxylic acids is 1. The Balaban J connectivity index is 1.59. The topological polar surface area (TPSA) is 207 Å². The molecule has 0 radical (unpaired) electrons. The third-order valence-electron chi connectivity index (χ3n) is 6.68. The fourth-order valence-corrected chi connectivity index (χ4v) is 4.67. The number of nitrogens with one attached hydrogen (secondary N) is 4. The van der Waals surface area contributed by atoms with E-state index in [1.54, 1.807) is 6.20 Å². The van der Waals surface area contributed by atoms with E-state index in [-0.39, 0.29) is 19.4 Å². The largest absolute Gasteiger partial charge is 0.480 e. The predicted octanol–water partition coefficient (Wildman–Crippen LogP) is -0.959. The number of imidazole rings is 1. The van der Waals surface area contributed by atoms with Gasteiger partial charge in [0.1, 0.15) is 24.2 Å². The van der Waals surface area contributed by atoms with E-state index in [9.17, 15) is 29.4 Å². The number of carbonyl (C=O) groups is 4. The van der Waals surface area contributed by atoms with Crippen LogP contribution in [-0.4, -0.2) is 91.1 Å². The van der Waals surface area contributed by atoms with Crippen LogP contribution in [0.15, 0.2) is 43.0 Å². The van der Waals surface area contributed by atoms with Crippen LogP contribution in [-0.2, 0) is 32.0 Å². The zero-order valence-electron chi connectivity index (χ0n) is 20.6. The molecule has 3 amide bonds. The Morgan fingerprint density at radius 3 is 2.58 bits per heavy atom. The smallest absolute Gasteiger partial charge is 0.326 e. The van der Waals surface area contributed by atoms with Crippen LogP contribution >= 0.6 is 0 Å². The molecule has 4 rings (SSSR count). The van der Waals surface area contributed by atoms with E-state index in [1.807, 2.05) is 24.3 Å². The summed E-state index contributed by atoms with van der Waals surface area (Å²) in [4.78, 5) is 62.5. The van der Waals surface area contributed by atoms with E-state index >= 15 is 0 Å². The van der Waals surface area contributed by atoms with E-state index < -0.39 is 54.5 Å². The minimum absolute atomic E-state index is 0.0390. The van der Waals surface area contributed by atoms with Crippen LogP contribution in [0.1, 0.15) is 24.1 Å². The summed E-state index contributed by atoms with van der Waals surface area (Å²) in [6.07, 6.45) is 5.65. The molecule has 8 N–H and O–H groups in total. The van der Waals surface area contributed by atoms with Gasteiger partial charge in [-0.25, -0.2) is 9.78 Å². The van der Waals surface area contributed by atoms with E-state index in [1.165, 1.54) is 17.4 Å². The molecule has 2 aromatic heterocycles. The molecule has 3 aromatic rings. The van der Waals surface area contributed by atoms with E-state index in [0.29, 0.717) is 18.5 Å². The van der Waals surface area contributed by atoms with Gasteiger partial charge in [0.15, 0.2) is 0 Å². The summed E-state index contributed by atoms with van der Waals surface area (Å²) in [5, 5.41) is 25.0. The fraction of sp³-hybridized carbons (Fsp3) is 0.400. The summed E-state index contributed by atoms with van der Waals surface area (Å²) in [5.74, 6) is -3.03. The van der Waals surface area contributed by atoms with Gasteiger partial charge in [0.2, 0.25) is 17.7 Å². The van der Waals surface area contributed by atoms with Gasteiger partial charge in [-0.2, -0.15) is 0 Å². The van der Waals surface area contributed by atoms with Crippen LogP contribution in [0.3, 0.4) is 0 Å². The minimum Gasteiger partial charge on any atom is -0.480 e. The van der Waals surface area contributed by atoms with Crippen LogP contribution in [0.5, 0.6) is 0 Å². The molecule has 1 saturated heterocycles. The lowest BCUT2D eigenvalue weighted by atomic mass is 10.0. The maximum absolute atomic E-state index is 13.6. The van der Waals surface area contributed by atoms with Crippen molar-refractivity contribution in [3.63, 3.8) is 0 Å². The molecule has 202 valence electrons. The van der Waals surface area contributed by atoms with E-state index in [2.05, 4.69) is 25.6 Å². The first-order chi connectivity index (χ1) is 18.3. The number of amides is 3. The predicted molar refractivity (Wildman–Crippen MR) is 136 cm³/mol. The molecule has 38 heavy (non-hydrogen) atoms. The number of carboxylic acid groups (broad SMARTS) is 1. The van der Waals surface area contributed by atoms with Crippen molar-refractivity contribution < 1.29 is 29.4 Å². The Kier molecular flexibility index (Phi) is 8.38. The summed E-state index contributed by atoms with van der Waals surface area (Å²) in [6.45, 7) is -0.355. The summed E-state index contributed by atoms with van der Waals surface area (Å²) in [5.41, 5.74) is 7.83. The van der Waals surface area contributed by atoms with Crippen molar-refractivity contribution in [1.29, 1.82) is 0 Å². The van der Waals surface area contributed by atoms with Gasteiger partial charge < -0.3 is 41.4 Å². The van der Waals surface area contributed by atoms with Gasteiger partial charge in [-0.05, 0) is 24.5 Å². The van der Waals surface area contributed by atoms with Crippen LogP contribution in [0.25, 0.3) is 10.9 Å². The SMILES string of the molecule is NC(CO)C(=O)NC(Cc1c[nH]c2ccccc12)C(=O)NC(Cc1cnc[nH]1)C(=O)N1CCCC1C(=O)O. The lowest BCUT2D eigenvalue weighted by molar-refractivity contribution is -0.149. The molecule has 0 saturated carbocycles. The van der Waals surface area contributed by atoms with Gasteiger partial charge >= 0.3 is 5.97 Å². The third kappa shape index (κ3) is 6.01. The van der Waals surface area contributed by atoms with Crippen molar-refractivity contribution in [3.05, 3.63) is 54.2 Å². The van der Waals surface area contributed by atoms with Crippen LogP contribution in [0, 0.1) is 0 Å². The molecule has 0 spiro atoms. The fourth-order valence-electron chi connectivity index (χ4n) is 4.67.